The van der Waals surface area contributed by atoms with Gasteiger partial charge in [0.25, 0.3) is 5.91 Å². The van der Waals surface area contributed by atoms with Crippen molar-refractivity contribution in [2.75, 3.05) is 5.75 Å². The first-order valence-corrected chi connectivity index (χ1v) is 17.3. The topological polar surface area (TPSA) is 141 Å². The second-order valence-electron chi connectivity index (χ2n) is 12.5. The number of carbonyl (C=O) groups is 3. The lowest BCUT2D eigenvalue weighted by Crippen LogP contribution is -2.58. The summed E-state index contributed by atoms with van der Waals surface area (Å²) < 4.78 is 0. The Hall–Kier alpha value is -2.95. The predicted molar refractivity (Wildman–Crippen MR) is 182 cm³/mol. The number of amides is 3. The summed E-state index contributed by atoms with van der Waals surface area (Å²) in [4.78, 5) is 44.2. The van der Waals surface area contributed by atoms with Crippen molar-refractivity contribution < 1.29 is 24.6 Å². The quantitative estimate of drug-likeness (QED) is 0.141. The van der Waals surface area contributed by atoms with Gasteiger partial charge in [-0.3, -0.25) is 19.4 Å². The number of nitrogens with one attached hydrogen (secondary N) is 3. The van der Waals surface area contributed by atoms with Crippen LogP contribution < -0.4 is 16.0 Å². The number of thioether (sulfide) groups is 1. The number of aliphatic hydroxyl groups excluding tert-OH is 2. The Kier molecular flexibility index (Phi) is 17.2. The van der Waals surface area contributed by atoms with Crippen LogP contribution >= 0.6 is 11.8 Å². The second kappa shape index (κ2) is 20.2. The average molecular weight is 643 g/mol. The van der Waals surface area contributed by atoms with E-state index in [9.17, 15) is 24.6 Å². The van der Waals surface area contributed by atoms with Crippen LogP contribution in [0.2, 0.25) is 0 Å². The van der Waals surface area contributed by atoms with Gasteiger partial charge >= 0.3 is 0 Å². The number of benzene rings is 1. The molecule has 45 heavy (non-hydrogen) atoms. The molecule has 1 heterocycles. The van der Waals surface area contributed by atoms with Gasteiger partial charge in [-0.05, 0) is 48.8 Å². The minimum Gasteiger partial charge on any atom is -0.390 e. The summed E-state index contributed by atoms with van der Waals surface area (Å²) in [5.74, 6) is -2.00. The van der Waals surface area contributed by atoms with Crippen molar-refractivity contribution in [1.82, 2.24) is 20.9 Å². The zero-order valence-corrected chi connectivity index (χ0v) is 28.6. The molecule has 5 atom stereocenters. The molecule has 10 heteroatoms. The van der Waals surface area contributed by atoms with Crippen molar-refractivity contribution >= 4 is 29.5 Å². The van der Waals surface area contributed by atoms with Crippen LogP contribution in [0.3, 0.4) is 0 Å². The minimum atomic E-state index is -1.43. The smallest absolute Gasteiger partial charge is 0.253 e. The first-order valence-electron chi connectivity index (χ1n) is 16.3. The third kappa shape index (κ3) is 13.1. The molecular formula is C35H54N4O5S. The Balaban J connectivity index is 2.25. The summed E-state index contributed by atoms with van der Waals surface area (Å²) in [5.41, 5.74) is 1.26. The van der Waals surface area contributed by atoms with E-state index >= 15 is 0 Å². The molecular weight excluding hydrogens is 588 g/mol. The molecule has 0 bridgehead atoms. The van der Waals surface area contributed by atoms with Crippen LogP contribution in [0.25, 0.3) is 0 Å². The lowest BCUT2D eigenvalue weighted by molar-refractivity contribution is -0.137. The van der Waals surface area contributed by atoms with Gasteiger partial charge in [-0.15, -0.1) is 0 Å². The van der Waals surface area contributed by atoms with Crippen LogP contribution in [0, 0.1) is 17.8 Å². The molecule has 0 spiro atoms. The third-order valence-corrected chi connectivity index (χ3v) is 9.25. The number of aromatic nitrogens is 1. The maximum Gasteiger partial charge on any atom is 0.253 e. The van der Waals surface area contributed by atoms with E-state index < -0.39 is 42.0 Å². The summed E-state index contributed by atoms with van der Waals surface area (Å²) in [6, 6.07) is 11.0. The van der Waals surface area contributed by atoms with Gasteiger partial charge < -0.3 is 26.2 Å². The fourth-order valence-corrected chi connectivity index (χ4v) is 6.89. The molecule has 3 amide bonds. The van der Waals surface area contributed by atoms with Crippen molar-refractivity contribution in [2.45, 2.75) is 110 Å². The third-order valence-electron chi connectivity index (χ3n) is 7.78. The second-order valence-corrected chi connectivity index (χ2v) is 13.8. The molecule has 1 unspecified atom stereocenters. The van der Waals surface area contributed by atoms with Crippen LogP contribution in [0.15, 0.2) is 54.9 Å². The number of nitrogens with zero attached hydrogens (tertiary/aromatic N) is 1. The SMILES string of the molecule is CCCC(CCC)SCC(NC(=O)c1cccnc1)C(=O)N[C@@H](CC(C)C)[C@@H](O)[C@H](O)[C@H](C(=O)NCc1ccccc1)C(C)C. The van der Waals surface area contributed by atoms with E-state index in [1.807, 2.05) is 58.0 Å². The lowest BCUT2D eigenvalue weighted by Gasteiger charge is -2.35. The molecule has 0 saturated heterocycles. The average Bonchev–Trinajstić information content (AvgIpc) is 3.01. The number of pyridine rings is 1. The fraction of sp³-hybridized carbons (Fsp3) is 0.600. The van der Waals surface area contributed by atoms with E-state index in [0.29, 0.717) is 29.5 Å². The standard InChI is InChI=1S/C35H54N4O5S/c1-7-13-27(14-8-2)45-22-29(39-33(42)26-17-12-18-36-21-26)34(43)38-28(19-23(3)4)31(40)32(41)30(24(5)6)35(44)37-20-25-15-10-9-11-16-25/h9-12,15-18,21,23-24,27-32,40-41H,7-8,13-14,19-20,22H2,1-6H3,(H,37,44)(H,38,43)(H,39,42)/t28-,29?,30+,31+,32+/m0/s1. The monoisotopic (exact) mass is 642 g/mol. The molecule has 1 aromatic heterocycles. The normalized spacial score (nSPS) is 14.9. The molecule has 0 aliphatic rings. The molecule has 0 aliphatic carbocycles. The van der Waals surface area contributed by atoms with E-state index in [0.717, 1.165) is 31.2 Å². The summed E-state index contributed by atoms with van der Waals surface area (Å²) in [6.07, 6.45) is 4.60. The lowest BCUT2D eigenvalue weighted by atomic mass is 9.83. The number of hydrogen-bond acceptors (Lipinski definition) is 7. The van der Waals surface area contributed by atoms with Crippen molar-refractivity contribution in [2.24, 2.45) is 17.8 Å². The van der Waals surface area contributed by atoms with E-state index in [1.165, 1.54) is 6.20 Å². The van der Waals surface area contributed by atoms with Gasteiger partial charge in [0.05, 0.1) is 23.6 Å². The number of carbonyl (C=O) groups excluding carboxylic acids is 3. The summed E-state index contributed by atoms with van der Waals surface area (Å²) in [6.45, 7) is 12.1. The Morgan fingerprint density at radius 2 is 1.53 bits per heavy atom. The van der Waals surface area contributed by atoms with Gasteiger partial charge in [0.15, 0.2) is 0 Å². The van der Waals surface area contributed by atoms with Gasteiger partial charge in [-0.2, -0.15) is 11.8 Å². The van der Waals surface area contributed by atoms with Crippen LogP contribution in [0.1, 0.15) is 89.6 Å². The van der Waals surface area contributed by atoms with Gasteiger partial charge in [-0.25, -0.2) is 0 Å². The summed E-state index contributed by atoms with van der Waals surface area (Å²) >= 11 is 1.66. The molecule has 1 aromatic carbocycles. The van der Waals surface area contributed by atoms with Crippen molar-refractivity contribution in [1.29, 1.82) is 0 Å². The first kappa shape index (κ1) is 38.2. The first-order chi connectivity index (χ1) is 21.5. The van der Waals surface area contributed by atoms with Crippen molar-refractivity contribution in [3.05, 3.63) is 66.0 Å². The number of aliphatic hydroxyl groups is 2. The van der Waals surface area contributed by atoms with E-state index in [4.69, 9.17) is 0 Å². The van der Waals surface area contributed by atoms with Crippen molar-refractivity contribution in [3.63, 3.8) is 0 Å². The molecule has 0 fully saturated rings. The van der Waals surface area contributed by atoms with E-state index in [1.54, 1.807) is 30.1 Å². The van der Waals surface area contributed by atoms with Gasteiger partial charge in [0.2, 0.25) is 11.8 Å². The minimum absolute atomic E-state index is 0.0675. The zero-order valence-electron chi connectivity index (χ0n) is 27.7. The maximum atomic E-state index is 13.8. The predicted octanol–water partition coefficient (Wildman–Crippen LogP) is 4.72. The Morgan fingerprint density at radius 1 is 0.867 bits per heavy atom. The summed E-state index contributed by atoms with van der Waals surface area (Å²) in [7, 11) is 0. The Labute approximate surface area is 273 Å². The van der Waals surface area contributed by atoms with Crippen LogP contribution in [0.5, 0.6) is 0 Å². The largest absolute Gasteiger partial charge is 0.390 e. The Morgan fingerprint density at radius 3 is 2.09 bits per heavy atom. The fourth-order valence-electron chi connectivity index (χ4n) is 5.39. The molecule has 0 saturated carbocycles. The Bertz CT molecular complexity index is 1150. The van der Waals surface area contributed by atoms with Gasteiger partial charge in [0, 0.05) is 29.9 Å². The highest BCUT2D eigenvalue weighted by atomic mass is 32.2. The zero-order chi connectivity index (χ0) is 33.4. The molecule has 2 aromatic rings. The maximum absolute atomic E-state index is 13.8. The van der Waals surface area contributed by atoms with Crippen LogP contribution in [-0.4, -0.2) is 68.2 Å². The highest BCUT2D eigenvalue weighted by molar-refractivity contribution is 7.99. The molecule has 0 radical (unpaired) electrons. The van der Waals surface area contributed by atoms with Crippen LogP contribution in [-0.2, 0) is 16.1 Å². The molecule has 2 rings (SSSR count). The summed E-state index contributed by atoms with van der Waals surface area (Å²) in [5, 5.41) is 31.9. The molecule has 9 nitrogen and oxygen atoms in total. The van der Waals surface area contributed by atoms with Gasteiger partial charge in [0.1, 0.15) is 12.1 Å². The van der Waals surface area contributed by atoms with E-state index in [-0.39, 0.29) is 17.7 Å². The van der Waals surface area contributed by atoms with E-state index in [2.05, 4.69) is 34.8 Å². The highest BCUT2D eigenvalue weighted by Gasteiger charge is 2.39. The number of hydrogen-bond donors (Lipinski definition) is 5. The van der Waals surface area contributed by atoms with Gasteiger partial charge in [-0.1, -0.05) is 84.7 Å². The molecule has 0 aliphatic heterocycles. The molecule has 250 valence electrons. The highest BCUT2D eigenvalue weighted by Crippen LogP contribution is 2.24. The van der Waals surface area contributed by atoms with Crippen LogP contribution in [0.4, 0.5) is 0 Å². The van der Waals surface area contributed by atoms with Crippen molar-refractivity contribution in [3.8, 4) is 0 Å². The number of rotatable bonds is 20. The molecule has 5 N–H and O–H groups in total.